The molecule has 0 unspecified atom stereocenters. The fourth-order valence-corrected chi connectivity index (χ4v) is 3.54. The summed E-state index contributed by atoms with van der Waals surface area (Å²) >= 11 is 0. The van der Waals surface area contributed by atoms with Gasteiger partial charge in [0, 0.05) is 12.1 Å². The highest BCUT2D eigenvalue weighted by molar-refractivity contribution is 5.86. The van der Waals surface area contributed by atoms with Crippen molar-refractivity contribution in [3.05, 3.63) is 12.2 Å². The van der Waals surface area contributed by atoms with Crippen LogP contribution >= 0.6 is 0 Å². The van der Waals surface area contributed by atoms with E-state index >= 15 is 0 Å². The number of hydrogen-bond acceptors (Lipinski definition) is 13. The van der Waals surface area contributed by atoms with Crippen molar-refractivity contribution in [3.8, 4) is 0 Å². The highest BCUT2D eigenvalue weighted by Gasteiger charge is 2.58. The van der Waals surface area contributed by atoms with Crippen LogP contribution in [0.25, 0.3) is 0 Å². The number of hydrogen-bond donors (Lipinski definition) is 9. The Morgan fingerprint density at radius 1 is 0.971 bits per heavy atom. The predicted molar refractivity (Wildman–Crippen MR) is 113 cm³/mol. The first kappa shape index (κ1) is 29.3. The second kappa shape index (κ2) is 12.9. The van der Waals surface area contributed by atoms with E-state index in [1.807, 2.05) is 0 Å². The van der Waals surface area contributed by atoms with Crippen LogP contribution in [-0.2, 0) is 23.7 Å². The van der Waals surface area contributed by atoms with Gasteiger partial charge < -0.3 is 65.3 Å². The average Bonchev–Trinajstić information content (AvgIpc) is 3.06. The molecule has 2 fully saturated rings. The number of carbonyl (C=O) groups is 2. The summed E-state index contributed by atoms with van der Waals surface area (Å²) in [6, 6.07) is -0.601. The number of carbonyl (C=O) groups excluding carboxylic acids is 2. The van der Waals surface area contributed by atoms with Crippen LogP contribution in [-0.4, -0.2) is 135 Å². The normalized spacial score (nSPS) is 37.0. The summed E-state index contributed by atoms with van der Waals surface area (Å²) in [5.74, 6) is -2.86. The van der Waals surface area contributed by atoms with Crippen LogP contribution in [0.4, 0.5) is 4.79 Å². The molecule has 0 aromatic rings. The van der Waals surface area contributed by atoms with Gasteiger partial charge in [-0.1, -0.05) is 6.58 Å². The fraction of sp³-hybridized carbons (Fsp3) is 0.800. The van der Waals surface area contributed by atoms with Gasteiger partial charge in [-0.05, 0) is 13.3 Å². The van der Waals surface area contributed by atoms with Crippen LogP contribution in [0.1, 0.15) is 13.3 Å². The van der Waals surface area contributed by atoms with E-state index in [-0.39, 0.29) is 31.7 Å². The molecular formula is C20H34N2O13. The van der Waals surface area contributed by atoms with Crippen LogP contribution in [0.2, 0.25) is 0 Å². The standard InChI is InChI=1S/C20H34N2O13/c1-9(2)17(30)32-6-5-22-19(31)21-4-3-10-13(26)16(29)20(8-24,34-10)35-18-15(28)14(27)12(25)11(7-23)33-18/h10-16,18,23-29H,1,3-8H2,2H3,(H2,21,22,31)/t10-,11-,12-,13-,14+,15-,16+,18-,20+/m1/s1. The van der Waals surface area contributed by atoms with Gasteiger partial charge in [0.1, 0.15) is 49.8 Å². The molecule has 202 valence electrons. The summed E-state index contributed by atoms with van der Waals surface area (Å²) in [5.41, 5.74) is 0.223. The molecule has 2 rings (SSSR count). The molecule has 2 saturated heterocycles. The molecule has 2 aliphatic heterocycles. The van der Waals surface area contributed by atoms with Gasteiger partial charge in [0.2, 0.25) is 5.79 Å². The number of aliphatic hydroxyl groups is 7. The van der Waals surface area contributed by atoms with Gasteiger partial charge in [0.05, 0.1) is 19.3 Å². The number of nitrogens with one attached hydrogen (secondary N) is 2. The number of rotatable bonds is 11. The van der Waals surface area contributed by atoms with Crippen LogP contribution in [0.3, 0.4) is 0 Å². The number of urea groups is 1. The average molecular weight is 510 g/mol. The summed E-state index contributed by atoms with van der Waals surface area (Å²) in [6.07, 6.45) is -12.8. The summed E-state index contributed by atoms with van der Waals surface area (Å²) in [7, 11) is 0. The lowest BCUT2D eigenvalue weighted by Crippen LogP contribution is -2.62. The lowest BCUT2D eigenvalue weighted by Gasteiger charge is -2.43. The molecule has 15 nitrogen and oxygen atoms in total. The van der Waals surface area contributed by atoms with Crippen molar-refractivity contribution >= 4 is 12.0 Å². The molecule has 35 heavy (non-hydrogen) atoms. The van der Waals surface area contributed by atoms with Crippen molar-refractivity contribution < 1.29 is 64.3 Å². The maximum Gasteiger partial charge on any atom is 0.333 e. The van der Waals surface area contributed by atoms with Gasteiger partial charge in [-0.15, -0.1) is 0 Å². The van der Waals surface area contributed by atoms with E-state index < -0.39 is 80.0 Å². The van der Waals surface area contributed by atoms with Crippen molar-refractivity contribution in [1.82, 2.24) is 10.6 Å². The Labute approximate surface area is 200 Å². The number of esters is 1. The van der Waals surface area contributed by atoms with Gasteiger partial charge >= 0.3 is 12.0 Å². The zero-order chi connectivity index (χ0) is 26.3. The molecule has 0 aromatic carbocycles. The quantitative estimate of drug-likeness (QED) is 0.0724. The van der Waals surface area contributed by atoms with Crippen LogP contribution in [0.15, 0.2) is 12.2 Å². The van der Waals surface area contributed by atoms with E-state index in [2.05, 4.69) is 17.2 Å². The van der Waals surface area contributed by atoms with E-state index in [4.69, 9.17) is 18.9 Å². The molecule has 9 N–H and O–H groups in total. The molecule has 2 heterocycles. The highest BCUT2D eigenvalue weighted by Crippen LogP contribution is 2.36. The monoisotopic (exact) mass is 510 g/mol. The first-order valence-corrected chi connectivity index (χ1v) is 10.9. The van der Waals surface area contributed by atoms with Gasteiger partial charge in [-0.25, -0.2) is 9.59 Å². The topological polar surface area (TPSA) is 237 Å². The smallest absolute Gasteiger partial charge is 0.333 e. The zero-order valence-corrected chi connectivity index (χ0v) is 19.1. The lowest BCUT2D eigenvalue weighted by atomic mass is 9.99. The van der Waals surface area contributed by atoms with Gasteiger partial charge in [-0.3, -0.25) is 0 Å². The molecule has 0 spiro atoms. The van der Waals surface area contributed by atoms with Crippen molar-refractivity contribution in [2.75, 3.05) is 32.9 Å². The molecule has 0 radical (unpaired) electrons. The molecular weight excluding hydrogens is 476 g/mol. The molecule has 0 bridgehead atoms. The van der Waals surface area contributed by atoms with Crippen molar-refractivity contribution in [3.63, 3.8) is 0 Å². The molecule has 9 atom stereocenters. The Kier molecular flexibility index (Phi) is 10.8. The minimum atomic E-state index is -2.27. The molecule has 15 heteroatoms. The van der Waals surface area contributed by atoms with E-state index in [1.165, 1.54) is 6.92 Å². The lowest BCUT2D eigenvalue weighted by molar-refractivity contribution is -0.383. The van der Waals surface area contributed by atoms with Crippen molar-refractivity contribution in [1.29, 1.82) is 0 Å². The minimum Gasteiger partial charge on any atom is -0.460 e. The third-order valence-electron chi connectivity index (χ3n) is 5.57. The van der Waals surface area contributed by atoms with Crippen LogP contribution < -0.4 is 10.6 Å². The Balaban J connectivity index is 1.86. The first-order chi connectivity index (χ1) is 16.5. The maximum absolute atomic E-state index is 11.8. The Morgan fingerprint density at radius 2 is 1.63 bits per heavy atom. The Morgan fingerprint density at radius 3 is 2.23 bits per heavy atom. The second-order valence-corrected chi connectivity index (χ2v) is 8.26. The predicted octanol–water partition coefficient (Wildman–Crippen LogP) is -4.58. The Bertz CT molecular complexity index is 738. The van der Waals surface area contributed by atoms with Gasteiger partial charge in [-0.2, -0.15) is 0 Å². The molecule has 0 aliphatic carbocycles. The van der Waals surface area contributed by atoms with Crippen molar-refractivity contribution in [2.24, 2.45) is 0 Å². The van der Waals surface area contributed by atoms with Crippen LogP contribution in [0.5, 0.6) is 0 Å². The summed E-state index contributed by atoms with van der Waals surface area (Å²) in [5, 5.41) is 74.8. The number of aliphatic hydroxyl groups excluding tert-OH is 7. The molecule has 2 aliphatic rings. The third kappa shape index (κ3) is 7.07. The maximum atomic E-state index is 11.8. The summed E-state index contributed by atoms with van der Waals surface area (Å²) < 4.78 is 21.0. The van der Waals surface area contributed by atoms with Gasteiger partial charge in [0.15, 0.2) is 6.29 Å². The molecule has 2 amide bonds. The zero-order valence-electron chi connectivity index (χ0n) is 19.1. The minimum absolute atomic E-state index is 0.0317. The Hall–Kier alpha value is -1.92. The number of amides is 2. The van der Waals surface area contributed by atoms with E-state index in [9.17, 15) is 45.3 Å². The first-order valence-electron chi connectivity index (χ1n) is 10.9. The summed E-state index contributed by atoms with van der Waals surface area (Å²) in [4.78, 5) is 23.1. The third-order valence-corrected chi connectivity index (χ3v) is 5.57. The van der Waals surface area contributed by atoms with E-state index in [0.29, 0.717) is 0 Å². The SMILES string of the molecule is C=C(C)C(=O)OCCNC(=O)NCC[C@H]1O[C@@](CO)(O[C@H]2O[C@H](CO)[C@@H](O)[C@H](O)[C@H]2O)[C@@H](O)[C@@H]1O. The largest absolute Gasteiger partial charge is 0.460 e. The van der Waals surface area contributed by atoms with Gasteiger partial charge in [0.25, 0.3) is 0 Å². The van der Waals surface area contributed by atoms with E-state index in [1.54, 1.807) is 0 Å². The molecule has 0 aromatic heterocycles. The number of ether oxygens (including phenoxy) is 4. The van der Waals surface area contributed by atoms with Crippen molar-refractivity contribution in [2.45, 2.75) is 68.1 Å². The van der Waals surface area contributed by atoms with E-state index in [0.717, 1.165) is 0 Å². The molecule has 0 saturated carbocycles. The summed E-state index contributed by atoms with van der Waals surface area (Å²) in [6.45, 7) is 3.13. The highest BCUT2D eigenvalue weighted by atomic mass is 16.8. The fourth-order valence-electron chi connectivity index (χ4n) is 3.54. The van der Waals surface area contributed by atoms with Crippen LogP contribution in [0, 0.1) is 0 Å². The second-order valence-electron chi connectivity index (χ2n) is 8.26.